The van der Waals surface area contributed by atoms with Crippen LogP contribution in [0.4, 0.5) is 0 Å². The van der Waals surface area contributed by atoms with Crippen molar-refractivity contribution in [2.45, 2.75) is 50.6 Å². The van der Waals surface area contributed by atoms with Crippen molar-refractivity contribution in [3.8, 4) is 11.5 Å². The number of nitrogens with one attached hydrogen (secondary N) is 1. The molecular formula is C48H42N2O. The quantitative estimate of drug-likeness (QED) is 0.223. The first-order valence-electron chi connectivity index (χ1n) is 18.3. The van der Waals surface area contributed by atoms with Crippen LogP contribution in [0.1, 0.15) is 66.8 Å². The fourth-order valence-electron chi connectivity index (χ4n) is 8.67. The van der Waals surface area contributed by atoms with E-state index in [4.69, 9.17) is 9.73 Å². The Morgan fingerprint density at radius 3 is 2.14 bits per heavy atom. The van der Waals surface area contributed by atoms with Crippen LogP contribution in [0.2, 0.25) is 0 Å². The van der Waals surface area contributed by atoms with Crippen LogP contribution < -0.4 is 10.1 Å². The first-order chi connectivity index (χ1) is 25.1. The average molecular weight is 663 g/mol. The van der Waals surface area contributed by atoms with E-state index in [0.717, 1.165) is 54.9 Å². The monoisotopic (exact) mass is 662 g/mol. The second kappa shape index (κ2) is 12.9. The molecule has 4 aromatic carbocycles. The van der Waals surface area contributed by atoms with Crippen LogP contribution in [-0.4, -0.2) is 11.9 Å². The third kappa shape index (κ3) is 5.31. The predicted octanol–water partition coefficient (Wildman–Crippen LogP) is 11.3. The molecule has 0 amide bonds. The van der Waals surface area contributed by atoms with Gasteiger partial charge in [-0.2, -0.15) is 0 Å². The van der Waals surface area contributed by atoms with E-state index < -0.39 is 5.41 Å². The number of ether oxygens (including phenoxy) is 1. The number of hydrogen-bond donors (Lipinski definition) is 1. The molecule has 0 saturated heterocycles. The lowest BCUT2D eigenvalue weighted by Crippen LogP contribution is -2.39. The van der Waals surface area contributed by atoms with Gasteiger partial charge >= 0.3 is 0 Å². The smallest absolute Gasteiger partial charge is 0.144 e. The Labute approximate surface area is 301 Å². The maximum absolute atomic E-state index is 6.66. The summed E-state index contributed by atoms with van der Waals surface area (Å²) in [6.45, 7) is 2.33. The third-order valence-electron chi connectivity index (χ3n) is 11.2. The molecule has 2 heterocycles. The van der Waals surface area contributed by atoms with Crippen molar-refractivity contribution in [2.24, 2.45) is 10.4 Å². The summed E-state index contributed by atoms with van der Waals surface area (Å²) in [5, 5.41) is 3.87. The van der Waals surface area contributed by atoms with Crippen LogP contribution >= 0.6 is 0 Å². The molecule has 5 aliphatic rings. The first kappa shape index (κ1) is 31.3. The Hall–Kier alpha value is -5.67. The molecule has 4 aromatic rings. The molecule has 1 unspecified atom stereocenters. The Balaban J connectivity index is 1.30. The van der Waals surface area contributed by atoms with Gasteiger partial charge in [-0.05, 0) is 78.2 Å². The maximum Gasteiger partial charge on any atom is 0.144 e. The molecule has 3 nitrogen and oxygen atoms in total. The van der Waals surface area contributed by atoms with E-state index in [9.17, 15) is 0 Å². The summed E-state index contributed by atoms with van der Waals surface area (Å²) in [5.74, 6) is 1.81. The van der Waals surface area contributed by atoms with Crippen molar-refractivity contribution in [1.29, 1.82) is 0 Å². The molecule has 250 valence electrons. The van der Waals surface area contributed by atoms with Crippen molar-refractivity contribution >= 4 is 11.3 Å². The Morgan fingerprint density at radius 2 is 1.41 bits per heavy atom. The molecule has 0 radical (unpaired) electrons. The van der Waals surface area contributed by atoms with Crippen molar-refractivity contribution < 1.29 is 4.74 Å². The van der Waals surface area contributed by atoms with Crippen LogP contribution in [-0.2, 0) is 5.41 Å². The molecule has 0 spiro atoms. The topological polar surface area (TPSA) is 33.6 Å². The van der Waals surface area contributed by atoms with Gasteiger partial charge < -0.3 is 10.1 Å². The highest BCUT2D eigenvalue weighted by atomic mass is 16.5. The van der Waals surface area contributed by atoms with Gasteiger partial charge in [0.1, 0.15) is 17.7 Å². The van der Waals surface area contributed by atoms with Crippen LogP contribution in [0.3, 0.4) is 0 Å². The minimum absolute atomic E-state index is 0.149. The van der Waals surface area contributed by atoms with E-state index >= 15 is 0 Å². The van der Waals surface area contributed by atoms with Crippen molar-refractivity contribution in [2.75, 3.05) is 0 Å². The van der Waals surface area contributed by atoms with Gasteiger partial charge in [-0.1, -0.05) is 153 Å². The summed E-state index contributed by atoms with van der Waals surface area (Å²) < 4.78 is 6.66. The van der Waals surface area contributed by atoms with E-state index in [2.05, 4.69) is 176 Å². The molecule has 9 rings (SSSR count). The fraction of sp³-hybridized carbons (Fsp3) is 0.188. The van der Waals surface area contributed by atoms with Gasteiger partial charge in [-0.3, -0.25) is 4.99 Å². The summed E-state index contributed by atoms with van der Waals surface area (Å²) in [4.78, 5) is 5.49. The molecule has 2 aliphatic heterocycles. The predicted molar refractivity (Wildman–Crippen MR) is 210 cm³/mol. The largest absolute Gasteiger partial charge is 0.457 e. The van der Waals surface area contributed by atoms with Crippen molar-refractivity contribution in [1.82, 2.24) is 5.32 Å². The number of benzene rings is 4. The van der Waals surface area contributed by atoms with Crippen molar-refractivity contribution in [3.63, 3.8) is 0 Å². The molecule has 3 heteroatoms. The van der Waals surface area contributed by atoms with Crippen LogP contribution in [0.5, 0.6) is 11.5 Å². The highest BCUT2D eigenvalue weighted by Crippen LogP contribution is 2.58. The second-order valence-electron chi connectivity index (χ2n) is 14.3. The van der Waals surface area contributed by atoms with Crippen LogP contribution in [0, 0.1) is 5.41 Å². The number of hydrogen-bond acceptors (Lipinski definition) is 3. The van der Waals surface area contributed by atoms with E-state index in [0.29, 0.717) is 0 Å². The summed E-state index contributed by atoms with van der Waals surface area (Å²) in [6.07, 6.45) is 27.6. The highest BCUT2D eigenvalue weighted by Gasteiger charge is 2.47. The highest BCUT2D eigenvalue weighted by molar-refractivity contribution is 6.13. The lowest BCUT2D eigenvalue weighted by atomic mass is 9.60. The number of rotatable bonds is 6. The van der Waals surface area contributed by atoms with E-state index in [1.165, 1.54) is 44.7 Å². The van der Waals surface area contributed by atoms with Gasteiger partial charge in [-0.25, -0.2) is 0 Å². The zero-order chi connectivity index (χ0) is 34.3. The van der Waals surface area contributed by atoms with E-state index in [1.54, 1.807) is 0 Å². The Bertz CT molecular complexity index is 2210. The summed E-state index contributed by atoms with van der Waals surface area (Å²) in [5.41, 5.74) is 11.3. The third-order valence-corrected chi connectivity index (χ3v) is 11.2. The zero-order valence-corrected chi connectivity index (χ0v) is 29.1. The summed E-state index contributed by atoms with van der Waals surface area (Å²) in [6, 6.07) is 37.2. The summed E-state index contributed by atoms with van der Waals surface area (Å²) >= 11 is 0. The number of para-hydroxylation sites is 2. The average Bonchev–Trinajstić information content (AvgIpc) is 3.21. The van der Waals surface area contributed by atoms with Gasteiger partial charge in [0.15, 0.2) is 0 Å². The van der Waals surface area contributed by atoms with Gasteiger partial charge in [0, 0.05) is 27.8 Å². The van der Waals surface area contributed by atoms with E-state index in [1.807, 2.05) is 0 Å². The maximum atomic E-state index is 6.66. The van der Waals surface area contributed by atoms with Gasteiger partial charge in [0.25, 0.3) is 0 Å². The van der Waals surface area contributed by atoms with E-state index in [-0.39, 0.29) is 11.6 Å². The van der Waals surface area contributed by atoms with Gasteiger partial charge in [0.05, 0.1) is 11.1 Å². The van der Waals surface area contributed by atoms with Crippen LogP contribution in [0.25, 0.3) is 5.57 Å². The Morgan fingerprint density at radius 1 is 0.706 bits per heavy atom. The summed E-state index contributed by atoms with van der Waals surface area (Å²) in [7, 11) is 0. The molecule has 2 atom stereocenters. The molecule has 3 aliphatic carbocycles. The van der Waals surface area contributed by atoms with Gasteiger partial charge in [-0.15, -0.1) is 0 Å². The number of aliphatic imine (C=N–C) groups is 1. The second-order valence-corrected chi connectivity index (χ2v) is 14.3. The molecule has 0 bridgehead atoms. The first-order valence-corrected chi connectivity index (χ1v) is 18.3. The molecule has 0 saturated carbocycles. The van der Waals surface area contributed by atoms with Crippen LogP contribution in [0.15, 0.2) is 186 Å². The minimum Gasteiger partial charge on any atom is -0.457 e. The zero-order valence-electron chi connectivity index (χ0n) is 29.1. The molecule has 0 fully saturated rings. The fourth-order valence-corrected chi connectivity index (χ4v) is 8.67. The normalized spacial score (nSPS) is 22.9. The van der Waals surface area contributed by atoms with Crippen molar-refractivity contribution in [3.05, 3.63) is 209 Å². The molecule has 51 heavy (non-hydrogen) atoms. The molecular weight excluding hydrogens is 621 g/mol. The number of fused-ring (bicyclic) bond motifs is 2. The standard InChI is InChI=1S/C48H42N2O/c1-47(31-17-4-18-32-47)45-33-42(49-46(50-45)34-19-5-2-6-20-34)38-25-10-9-23-36(38)37-24-11-12-26-39(37)48(35-21-7-3-8-22-35)40-27-13-15-29-43(40)51-44-30-16-14-28-41(44)48/h3-5,7-11,13-25,27-31,33,46,50H,2,6,12,26,32H2,1H3/t46?,47-/m1/s1. The Kier molecular flexibility index (Phi) is 7.92. The lowest BCUT2D eigenvalue weighted by molar-refractivity contribution is 0.430. The molecule has 0 aromatic heterocycles. The minimum atomic E-state index is -0.552. The van der Waals surface area contributed by atoms with Gasteiger partial charge in [0.2, 0.25) is 0 Å². The number of allylic oxidation sites excluding steroid dienone is 11. The SMILES string of the molecule is C[C@@]1(C2=CC(c3ccccc3C3=C(C4(c5ccccc5)c5ccccc5Oc5ccccc54)CCC=C3)=NC(C3=CCCC=C3)N2)C=CC=CC1. The lowest BCUT2D eigenvalue weighted by Gasteiger charge is -2.44. The molecule has 1 N–H and O–H groups in total. The number of nitrogens with zero attached hydrogens (tertiary/aromatic N) is 1.